The van der Waals surface area contributed by atoms with Crippen LogP contribution in [0.2, 0.25) is 0 Å². The Labute approximate surface area is 164 Å². The molecule has 0 aliphatic heterocycles. The van der Waals surface area contributed by atoms with Crippen LogP contribution >= 0.6 is 0 Å². The zero-order chi connectivity index (χ0) is 19.0. The van der Waals surface area contributed by atoms with Crippen LogP contribution in [0.25, 0.3) is 11.5 Å². The van der Waals surface area contributed by atoms with Crippen molar-refractivity contribution in [3.8, 4) is 17.2 Å². The summed E-state index contributed by atoms with van der Waals surface area (Å²) in [7, 11) is 0. The van der Waals surface area contributed by atoms with E-state index in [2.05, 4.69) is 27.6 Å². The second kappa shape index (κ2) is 8.86. The molecule has 0 radical (unpaired) electrons. The van der Waals surface area contributed by atoms with Crippen LogP contribution in [0.3, 0.4) is 0 Å². The maximum absolute atomic E-state index is 5.80. The van der Waals surface area contributed by atoms with Crippen LogP contribution < -0.4 is 10.1 Å². The van der Waals surface area contributed by atoms with Gasteiger partial charge < -0.3 is 14.5 Å². The number of nitrogens with one attached hydrogen (secondary N) is 1. The third-order valence-corrected chi connectivity index (χ3v) is 4.26. The van der Waals surface area contributed by atoms with Gasteiger partial charge in [0.05, 0.1) is 0 Å². The third-order valence-electron chi connectivity index (χ3n) is 4.26. The van der Waals surface area contributed by atoms with Gasteiger partial charge in [0.2, 0.25) is 11.8 Å². The number of hydrogen-bond donors (Lipinski definition) is 1. The van der Waals surface area contributed by atoms with Crippen molar-refractivity contribution in [2.75, 3.05) is 11.9 Å². The second-order valence-corrected chi connectivity index (χ2v) is 6.34. The first-order valence-electron chi connectivity index (χ1n) is 9.25. The Morgan fingerprint density at radius 3 is 2.25 bits per heavy atom. The van der Waals surface area contributed by atoms with Crippen molar-refractivity contribution in [1.29, 1.82) is 0 Å². The molecule has 1 N–H and O–H groups in total. The molecule has 0 bridgehead atoms. The van der Waals surface area contributed by atoms with Crippen molar-refractivity contribution in [2.24, 2.45) is 0 Å². The quantitative estimate of drug-likeness (QED) is 0.474. The molecule has 4 aromatic rings. The molecule has 0 spiro atoms. The van der Waals surface area contributed by atoms with Gasteiger partial charge in [-0.05, 0) is 42.0 Å². The van der Waals surface area contributed by atoms with Gasteiger partial charge in [-0.1, -0.05) is 48.5 Å². The summed E-state index contributed by atoms with van der Waals surface area (Å²) in [5, 5.41) is 11.6. The van der Waals surface area contributed by atoms with Gasteiger partial charge in [-0.25, -0.2) is 0 Å². The van der Waals surface area contributed by atoms with Crippen LogP contribution in [-0.4, -0.2) is 16.7 Å². The van der Waals surface area contributed by atoms with E-state index in [9.17, 15) is 0 Å². The molecule has 0 aliphatic rings. The van der Waals surface area contributed by atoms with Crippen molar-refractivity contribution in [3.63, 3.8) is 0 Å². The van der Waals surface area contributed by atoms with Crippen molar-refractivity contribution >= 4 is 5.69 Å². The average Bonchev–Trinajstić information content (AvgIpc) is 3.24. The fraction of sp³-hybridized carbons (Fsp3) is 0.130. The minimum atomic E-state index is 0.551. The Balaban J connectivity index is 1.25. The van der Waals surface area contributed by atoms with Gasteiger partial charge in [-0.2, -0.15) is 0 Å². The first-order valence-corrected chi connectivity index (χ1v) is 9.25. The van der Waals surface area contributed by atoms with Crippen molar-refractivity contribution < 1.29 is 9.15 Å². The molecule has 3 aromatic carbocycles. The second-order valence-electron chi connectivity index (χ2n) is 6.34. The molecule has 5 heteroatoms. The molecule has 0 atom stereocenters. The number of hydrogen-bond acceptors (Lipinski definition) is 5. The van der Waals surface area contributed by atoms with E-state index < -0.39 is 0 Å². The fourth-order valence-corrected chi connectivity index (χ4v) is 2.78. The number of ether oxygens (including phenoxy) is 1. The smallest absolute Gasteiger partial charge is 0.247 e. The van der Waals surface area contributed by atoms with Gasteiger partial charge in [-0.15, -0.1) is 10.2 Å². The molecule has 0 saturated carbocycles. The summed E-state index contributed by atoms with van der Waals surface area (Å²) in [5.41, 5.74) is 3.11. The first-order chi connectivity index (χ1) is 13.9. The number of benzene rings is 3. The Morgan fingerprint density at radius 1 is 0.786 bits per heavy atom. The SMILES string of the molecule is c1ccc(COc2ccc(NCCc3nnc(-c4ccccc4)o3)cc2)cc1. The van der Waals surface area contributed by atoms with E-state index in [1.165, 1.54) is 0 Å². The van der Waals surface area contributed by atoms with Gasteiger partial charge in [0.1, 0.15) is 12.4 Å². The molecule has 4 rings (SSSR count). The number of aromatic nitrogens is 2. The molecule has 0 saturated heterocycles. The molecule has 28 heavy (non-hydrogen) atoms. The number of anilines is 1. The number of rotatable bonds is 8. The highest BCUT2D eigenvalue weighted by Gasteiger charge is 2.07. The molecule has 0 amide bonds. The van der Waals surface area contributed by atoms with E-state index in [4.69, 9.17) is 9.15 Å². The third kappa shape index (κ3) is 4.76. The summed E-state index contributed by atoms with van der Waals surface area (Å²) < 4.78 is 11.5. The van der Waals surface area contributed by atoms with Crippen LogP contribution in [-0.2, 0) is 13.0 Å². The lowest BCUT2D eigenvalue weighted by Gasteiger charge is -2.08. The predicted octanol–water partition coefficient (Wildman–Crippen LogP) is 4.97. The average molecular weight is 371 g/mol. The largest absolute Gasteiger partial charge is 0.489 e. The summed E-state index contributed by atoms with van der Waals surface area (Å²) in [6.45, 7) is 1.27. The van der Waals surface area contributed by atoms with E-state index in [-0.39, 0.29) is 0 Å². The van der Waals surface area contributed by atoms with E-state index in [1.54, 1.807) is 0 Å². The van der Waals surface area contributed by atoms with E-state index in [1.807, 2.05) is 72.8 Å². The minimum absolute atomic E-state index is 0.551. The summed E-state index contributed by atoms with van der Waals surface area (Å²) in [6.07, 6.45) is 0.659. The zero-order valence-corrected chi connectivity index (χ0v) is 15.4. The Bertz CT molecular complexity index is 983. The lowest BCUT2D eigenvalue weighted by molar-refractivity contribution is 0.306. The summed E-state index contributed by atoms with van der Waals surface area (Å²) in [4.78, 5) is 0. The number of nitrogens with zero attached hydrogens (tertiary/aromatic N) is 2. The molecule has 1 aromatic heterocycles. The Hall–Kier alpha value is -3.60. The molecular formula is C23H21N3O2. The van der Waals surface area contributed by atoms with Crippen LogP contribution in [0.15, 0.2) is 89.3 Å². The molecule has 0 fully saturated rings. The lowest BCUT2D eigenvalue weighted by atomic mass is 10.2. The molecule has 1 heterocycles. The molecule has 0 unspecified atom stereocenters. The summed E-state index contributed by atoms with van der Waals surface area (Å²) in [6, 6.07) is 27.8. The molecular weight excluding hydrogens is 350 g/mol. The Morgan fingerprint density at radius 2 is 1.50 bits per heavy atom. The van der Waals surface area contributed by atoms with Crippen LogP contribution in [0.5, 0.6) is 5.75 Å². The lowest BCUT2D eigenvalue weighted by Crippen LogP contribution is -2.05. The molecule has 5 nitrogen and oxygen atoms in total. The predicted molar refractivity (Wildman–Crippen MR) is 109 cm³/mol. The maximum Gasteiger partial charge on any atom is 0.247 e. The minimum Gasteiger partial charge on any atom is -0.489 e. The van der Waals surface area contributed by atoms with Gasteiger partial charge in [0.15, 0.2) is 0 Å². The maximum atomic E-state index is 5.80. The van der Waals surface area contributed by atoms with Crippen molar-refractivity contribution in [1.82, 2.24) is 10.2 Å². The van der Waals surface area contributed by atoms with Gasteiger partial charge >= 0.3 is 0 Å². The van der Waals surface area contributed by atoms with Crippen LogP contribution in [0, 0.1) is 0 Å². The van der Waals surface area contributed by atoms with E-state index >= 15 is 0 Å². The van der Waals surface area contributed by atoms with Crippen LogP contribution in [0.4, 0.5) is 5.69 Å². The first kappa shape index (κ1) is 17.8. The fourth-order valence-electron chi connectivity index (χ4n) is 2.78. The zero-order valence-electron chi connectivity index (χ0n) is 15.4. The highest BCUT2D eigenvalue weighted by molar-refractivity contribution is 5.51. The highest BCUT2D eigenvalue weighted by atomic mass is 16.5. The van der Waals surface area contributed by atoms with Gasteiger partial charge in [-0.3, -0.25) is 0 Å². The Kier molecular flexibility index (Phi) is 5.63. The monoisotopic (exact) mass is 371 g/mol. The van der Waals surface area contributed by atoms with E-state index in [0.29, 0.717) is 31.4 Å². The van der Waals surface area contributed by atoms with Crippen LogP contribution in [0.1, 0.15) is 11.5 Å². The normalized spacial score (nSPS) is 10.6. The standard InChI is InChI=1S/C23H21N3O2/c1-3-7-18(8-4-1)17-27-21-13-11-20(12-14-21)24-16-15-22-25-26-23(28-22)19-9-5-2-6-10-19/h1-14,24H,15-17H2. The van der Waals surface area contributed by atoms with Gasteiger partial charge in [0, 0.05) is 24.2 Å². The summed E-state index contributed by atoms with van der Waals surface area (Å²) in [5.74, 6) is 2.02. The molecule has 140 valence electrons. The van der Waals surface area contributed by atoms with Crippen molar-refractivity contribution in [3.05, 3.63) is 96.4 Å². The van der Waals surface area contributed by atoms with E-state index in [0.717, 1.165) is 22.6 Å². The highest BCUT2D eigenvalue weighted by Crippen LogP contribution is 2.19. The topological polar surface area (TPSA) is 60.2 Å². The van der Waals surface area contributed by atoms with Gasteiger partial charge in [0.25, 0.3) is 0 Å². The summed E-state index contributed by atoms with van der Waals surface area (Å²) >= 11 is 0. The van der Waals surface area contributed by atoms with Crippen molar-refractivity contribution in [2.45, 2.75) is 13.0 Å². The molecule has 0 aliphatic carbocycles.